The Labute approximate surface area is 175 Å². The average Bonchev–Trinajstić information content (AvgIpc) is 3.35. The second kappa shape index (κ2) is 8.26. The van der Waals surface area contributed by atoms with Gasteiger partial charge in [-0.05, 0) is 31.1 Å². The maximum atomic E-state index is 13.6. The number of carbonyl (C=O) groups excluding carboxylic acids is 2. The van der Waals surface area contributed by atoms with Crippen molar-refractivity contribution in [3.05, 3.63) is 58.3 Å². The van der Waals surface area contributed by atoms with E-state index in [4.69, 9.17) is 4.74 Å². The normalized spacial score (nSPS) is 24.7. The summed E-state index contributed by atoms with van der Waals surface area (Å²) in [7, 11) is 4.01. The van der Waals surface area contributed by atoms with Gasteiger partial charge in [0.15, 0.2) is 5.60 Å². The largest absolute Gasteiger partial charge is 0.361 e. The minimum absolute atomic E-state index is 0.00289. The summed E-state index contributed by atoms with van der Waals surface area (Å²) in [5.74, 6) is -0.122. The summed E-state index contributed by atoms with van der Waals surface area (Å²) >= 11 is 1.43. The third kappa shape index (κ3) is 3.82. The van der Waals surface area contributed by atoms with Crippen molar-refractivity contribution in [1.29, 1.82) is 0 Å². The topological polar surface area (TPSA) is 53.1 Å². The fraction of sp³-hybridized carbons (Fsp3) is 0.455. The van der Waals surface area contributed by atoms with E-state index in [1.54, 1.807) is 4.90 Å². The zero-order chi connectivity index (χ0) is 20.4. The van der Waals surface area contributed by atoms with E-state index in [0.717, 1.165) is 12.1 Å². The Balaban J connectivity index is 1.65. The van der Waals surface area contributed by atoms with Gasteiger partial charge < -0.3 is 19.4 Å². The molecule has 154 valence electrons. The van der Waals surface area contributed by atoms with Gasteiger partial charge in [-0.1, -0.05) is 36.4 Å². The fourth-order valence-electron chi connectivity index (χ4n) is 4.26. The van der Waals surface area contributed by atoms with E-state index in [-0.39, 0.29) is 17.7 Å². The van der Waals surface area contributed by atoms with Crippen LogP contribution in [0.4, 0.5) is 0 Å². The lowest BCUT2D eigenvalue weighted by Crippen LogP contribution is -2.59. The summed E-state index contributed by atoms with van der Waals surface area (Å²) in [5.41, 5.74) is 0.0670. The lowest BCUT2D eigenvalue weighted by atomic mass is 9.83. The van der Waals surface area contributed by atoms with Crippen LogP contribution in [0.15, 0.2) is 47.8 Å². The van der Waals surface area contributed by atoms with Crippen LogP contribution in [0.3, 0.4) is 0 Å². The highest BCUT2D eigenvalue weighted by Crippen LogP contribution is 2.42. The highest BCUT2D eigenvalue weighted by atomic mass is 32.1. The third-order valence-corrected chi connectivity index (χ3v) is 6.66. The molecule has 3 heterocycles. The van der Waals surface area contributed by atoms with E-state index in [0.29, 0.717) is 37.7 Å². The second-order valence-corrected chi connectivity index (χ2v) is 8.91. The number of likely N-dealkylation sites (tertiary alicyclic amines) is 1. The zero-order valence-electron chi connectivity index (χ0n) is 16.9. The molecular weight excluding hydrogens is 386 g/mol. The number of hydrogen-bond acceptors (Lipinski definition) is 5. The molecule has 0 N–H and O–H groups in total. The molecule has 2 fully saturated rings. The highest BCUT2D eigenvalue weighted by molar-refractivity contribution is 7.12. The van der Waals surface area contributed by atoms with Gasteiger partial charge in [-0.25, -0.2) is 0 Å². The van der Waals surface area contributed by atoms with Crippen LogP contribution in [0.1, 0.15) is 21.2 Å². The van der Waals surface area contributed by atoms with Crippen molar-refractivity contribution in [2.75, 3.05) is 53.4 Å². The van der Waals surface area contributed by atoms with Crippen molar-refractivity contribution < 1.29 is 14.3 Å². The Morgan fingerprint density at radius 2 is 2.03 bits per heavy atom. The molecule has 2 saturated heterocycles. The van der Waals surface area contributed by atoms with Gasteiger partial charge in [-0.3, -0.25) is 9.59 Å². The minimum Gasteiger partial charge on any atom is -0.361 e. The maximum absolute atomic E-state index is 13.6. The molecule has 2 aliphatic rings. The summed E-state index contributed by atoms with van der Waals surface area (Å²) in [5, 5.41) is 1.90. The van der Waals surface area contributed by atoms with Gasteiger partial charge in [0.1, 0.15) is 0 Å². The van der Waals surface area contributed by atoms with Crippen molar-refractivity contribution in [2.24, 2.45) is 0 Å². The number of hydrogen-bond donors (Lipinski definition) is 0. The number of likely N-dealkylation sites (N-methyl/N-ethyl adjacent to an activating group) is 1. The predicted octanol–water partition coefficient (Wildman–Crippen LogP) is 2.15. The monoisotopic (exact) mass is 413 g/mol. The molecule has 2 amide bonds. The van der Waals surface area contributed by atoms with Crippen LogP contribution in [0.5, 0.6) is 0 Å². The quantitative estimate of drug-likeness (QED) is 0.754. The zero-order valence-corrected chi connectivity index (χ0v) is 17.7. The average molecular weight is 414 g/mol. The molecule has 1 aromatic carbocycles. The number of thiophene rings is 1. The molecule has 0 radical (unpaired) electrons. The summed E-state index contributed by atoms with van der Waals surface area (Å²) in [4.78, 5) is 33.0. The lowest BCUT2D eigenvalue weighted by molar-refractivity contribution is -0.159. The number of amides is 2. The van der Waals surface area contributed by atoms with Crippen LogP contribution >= 0.6 is 11.3 Å². The van der Waals surface area contributed by atoms with E-state index in [2.05, 4.69) is 17.0 Å². The molecule has 0 bridgehead atoms. The summed E-state index contributed by atoms with van der Waals surface area (Å²) < 4.78 is 6.25. The number of rotatable bonds is 5. The van der Waals surface area contributed by atoms with Crippen molar-refractivity contribution >= 4 is 23.2 Å². The van der Waals surface area contributed by atoms with Gasteiger partial charge in [-0.15, -0.1) is 11.3 Å². The van der Waals surface area contributed by atoms with E-state index in [9.17, 15) is 9.59 Å². The third-order valence-electron chi connectivity index (χ3n) is 5.80. The first-order chi connectivity index (χ1) is 14.0. The summed E-state index contributed by atoms with van der Waals surface area (Å²) in [6.45, 7) is 3.22. The first kappa shape index (κ1) is 20.1. The van der Waals surface area contributed by atoms with Gasteiger partial charge in [0.2, 0.25) is 0 Å². The van der Waals surface area contributed by atoms with Crippen LogP contribution in [0, 0.1) is 0 Å². The minimum atomic E-state index is -1.02. The molecule has 2 atom stereocenters. The number of carbonyl (C=O) groups is 2. The van der Waals surface area contributed by atoms with Crippen molar-refractivity contribution in [3.8, 4) is 0 Å². The molecule has 0 unspecified atom stereocenters. The predicted molar refractivity (Wildman–Crippen MR) is 113 cm³/mol. The van der Waals surface area contributed by atoms with Crippen molar-refractivity contribution in [3.63, 3.8) is 0 Å². The van der Waals surface area contributed by atoms with Crippen molar-refractivity contribution in [2.45, 2.75) is 11.5 Å². The smallest absolute Gasteiger partial charge is 0.264 e. The van der Waals surface area contributed by atoms with Gasteiger partial charge in [0, 0.05) is 32.1 Å². The van der Waals surface area contributed by atoms with Crippen molar-refractivity contribution in [1.82, 2.24) is 14.7 Å². The molecule has 2 aliphatic heterocycles. The Morgan fingerprint density at radius 1 is 1.24 bits per heavy atom. The summed E-state index contributed by atoms with van der Waals surface area (Å²) in [6, 6.07) is 13.8. The standard InChI is InChI=1S/C22H27N3O3S/c1-23(2)10-11-24-15-18(17-7-4-3-5-8-17)22(21(24)27)16-25(12-13-28-22)20(26)19-9-6-14-29-19/h3-9,14,18H,10-13,15-16H2,1-2H3/t18-,22+/m1/s1. The molecule has 7 heteroatoms. The van der Waals surface area contributed by atoms with Crippen LogP contribution < -0.4 is 0 Å². The molecule has 1 spiro atoms. The Bertz CT molecular complexity index is 855. The van der Waals surface area contributed by atoms with Gasteiger partial charge in [0.05, 0.1) is 18.0 Å². The first-order valence-electron chi connectivity index (χ1n) is 9.97. The second-order valence-electron chi connectivity index (χ2n) is 7.96. The van der Waals surface area contributed by atoms with Crippen LogP contribution in [-0.2, 0) is 9.53 Å². The molecule has 2 aromatic rings. The summed E-state index contributed by atoms with van der Waals surface area (Å²) in [6.07, 6.45) is 0. The number of morpholine rings is 1. The molecule has 6 nitrogen and oxygen atoms in total. The molecule has 0 aliphatic carbocycles. The van der Waals surface area contributed by atoms with Gasteiger partial charge in [-0.2, -0.15) is 0 Å². The number of nitrogens with zero attached hydrogens (tertiary/aromatic N) is 3. The molecule has 29 heavy (non-hydrogen) atoms. The molecule has 4 rings (SSSR count). The SMILES string of the molecule is CN(C)CCN1C[C@H](c2ccccc2)[C@@]2(CN(C(=O)c3cccs3)CCO2)C1=O. The lowest BCUT2D eigenvalue weighted by Gasteiger charge is -2.42. The molecular formula is C22H27N3O3S. The molecule has 1 aromatic heterocycles. The Kier molecular flexibility index (Phi) is 5.72. The van der Waals surface area contributed by atoms with E-state index >= 15 is 0 Å². The van der Waals surface area contributed by atoms with Gasteiger partial charge in [0.25, 0.3) is 11.8 Å². The highest BCUT2D eigenvalue weighted by Gasteiger charge is 2.58. The van der Waals surface area contributed by atoms with Crippen LogP contribution in [-0.4, -0.2) is 85.5 Å². The van der Waals surface area contributed by atoms with Gasteiger partial charge >= 0.3 is 0 Å². The Morgan fingerprint density at radius 3 is 2.72 bits per heavy atom. The first-order valence-corrected chi connectivity index (χ1v) is 10.8. The number of ether oxygens (including phenoxy) is 1. The van der Waals surface area contributed by atoms with E-state index < -0.39 is 5.60 Å². The Hall–Kier alpha value is -2.22. The molecule has 0 saturated carbocycles. The number of benzene rings is 1. The van der Waals surface area contributed by atoms with E-state index in [1.165, 1.54) is 11.3 Å². The van der Waals surface area contributed by atoms with Crippen LogP contribution in [0.25, 0.3) is 0 Å². The van der Waals surface area contributed by atoms with E-state index in [1.807, 2.05) is 54.7 Å². The van der Waals surface area contributed by atoms with Crippen LogP contribution in [0.2, 0.25) is 0 Å². The maximum Gasteiger partial charge on any atom is 0.264 e. The fourth-order valence-corrected chi connectivity index (χ4v) is 4.95.